The van der Waals surface area contributed by atoms with Gasteiger partial charge in [0.2, 0.25) is 0 Å². The number of carbonyl (C=O) groups excluding carboxylic acids is 1. The lowest BCUT2D eigenvalue weighted by atomic mass is 10.0. The first-order valence-corrected chi connectivity index (χ1v) is 4.38. The fraction of sp³-hybridized carbons (Fsp3) is 0.0833. The minimum atomic E-state index is -0.252. The third kappa shape index (κ3) is 1.39. The van der Waals surface area contributed by atoms with Gasteiger partial charge in [-0.2, -0.15) is 0 Å². The molecule has 1 nitrogen and oxygen atoms in total. The molecule has 0 unspecified atom stereocenters. The van der Waals surface area contributed by atoms with Crippen molar-refractivity contribution in [1.29, 1.82) is 0 Å². The SMILES string of the molecule is CC(=O)c1ccc2c(F)cccc2c1. The Morgan fingerprint density at radius 2 is 2.00 bits per heavy atom. The maximum absolute atomic E-state index is 13.2. The lowest BCUT2D eigenvalue weighted by Gasteiger charge is -2.00. The number of ketones is 1. The van der Waals surface area contributed by atoms with Crippen molar-refractivity contribution < 1.29 is 9.18 Å². The summed E-state index contributed by atoms with van der Waals surface area (Å²) in [6, 6.07) is 9.85. The van der Waals surface area contributed by atoms with Crippen molar-refractivity contribution in [2.45, 2.75) is 6.92 Å². The molecule has 0 aromatic heterocycles. The third-order valence-corrected chi connectivity index (χ3v) is 2.23. The predicted octanol–water partition coefficient (Wildman–Crippen LogP) is 3.18. The molecular formula is C12H9FO. The van der Waals surface area contributed by atoms with Crippen LogP contribution < -0.4 is 0 Å². The van der Waals surface area contributed by atoms with E-state index < -0.39 is 0 Å². The van der Waals surface area contributed by atoms with Gasteiger partial charge in [-0.1, -0.05) is 24.3 Å². The van der Waals surface area contributed by atoms with E-state index >= 15 is 0 Å². The van der Waals surface area contributed by atoms with Crippen LogP contribution in [-0.4, -0.2) is 5.78 Å². The first kappa shape index (κ1) is 8.88. The summed E-state index contributed by atoms with van der Waals surface area (Å²) in [5.74, 6) is -0.256. The first-order valence-electron chi connectivity index (χ1n) is 4.38. The zero-order valence-corrected chi connectivity index (χ0v) is 7.75. The van der Waals surface area contributed by atoms with Gasteiger partial charge in [0.05, 0.1) is 0 Å². The molecule has 2 rings (SSSR count). The molecule has 0 amide bonds. The molecule has 2 heteroatoms. The van der Waals surface area contributed by atoms with Gasteiger partial charge in [-0.25, -0.2) is 4.39 Å². The third-order valence-electron chi connectivity index (χ3n) is 2.23. The summed E-state index contributed by atoms with van der Waals surface area (Å²) in [4.78, 5) is 11.1. The number of benzene rings is 2. The van der Waals surface area contributed by atoms with Crippen molar-refractivity contribution in [1.82, 2.24) is 0 Å². The van der Waals surface area contributed by atoms with Crippen LogP contribution in [-0.2, 0) is 0 Å². The molecule has 0 aliphatic heterocycles. The molecule has 0 saturated heterocycles. The molecule has 0 bridgehead atoms. The van der Waals surface area contributed by atoms with Gasteiger partial charge in [0, 0.05) is 10.9 Å². The number of fused-ring (bicyclic) bond motifs is 1. The Hall–Kier alpha value is -1.70. The Bertz CT molecular complexity index is 503. The largest absolute Gasteiger partial charge is 0.295 e. The van der Waals surface area contributed by atoms with Crippen LogP contribution in [0.4, 0.5) is 4.39 Å². The van der Waals surface area contributed by atoms with Crippen LogP contribution in [0.5, 0.6) is 0 Å². The zero-order valence-electron chi connectivity index (χ0n) is 7.75. The number of carbonyl (C=O) groups is 1. The summed E-state index contributed by atoms with van der Waals surface area (Å²) in [6.07, 6.45) is 0. The molecule has 2 aromatic rings. The van der Waals surface area contributed by atoms with Crippen LogP contribution in [0.3, 0.4) is 0 Å². The Kier molecular flexibility index (Phi) is 2.04. The number of halogens is 1. The second-order valence-electron chi connectivity index (χ2n) is 3.23. The Labute approximate surface area is 81.2 Å². The lowest BCUT2D eigenvalue weighted by Crippen LogP contribution is -1.91. The van der Waals surface area contributed by atoms with E-state index in [1.165, 1.54) is 13.0 Å². The van der Waals surface area contributed by atoms with Gasteiger partial charge in [0.25, 0.3) is 0 Å². The fourth-order valence-corrected chi connectivity index (χ4v) is 1.46. The quantitative estimate of drug-likeness (QED) is 0.628. The highest BCUT2D eigenvalue weighted by Crippen LogP contribution is 2.19. The highest BCUT2D eigenvalue weighted by molar-refractivity contribution is 5.98. The van der Waals surface area contributed by atoms with E-state index in [9.17, 15) is 9.18 Å². The summed E-state index contributed by atoms with van der Waals surface area (Å²) in [7, 11) is 0. The fourth-order valence-electron chi connectivity index (χ4n) is 1.46. The smallest absolute Gasteiger partial charge is 0.159 e. The van der Waals surface area contributed by atoms with Crippen molar-refractivity contribution >= 4 is 16.6 Å². The molecule has 0 radical (unpaired) electrons. The highest BCUT2D eigenvalue weighted by Gasteiger charge is 2.03. The molecule has 14 heavy (non-hydrogen) atoms. The first-order chi connectivity index (χ1) is 6.68. The van der Waals surface area contributed by atoms with E-state index in [1.807, 2.05) is 0 Å². The van der Waals surface area contributed by atoms with E-state index in [4.69, 9.17) is 0 Å². The lowest BCUT2D eigenvalue weighted by molar-refractivity contribution is 0.101. The van der Waals surface area contributed by atoms with Crippen molar-refractivity contribution in [3.8, 4) is 0 Å². The summed E-state index contributed by atoms with van der Waals surface area (Å²) in [6.45, 7) is 1.50. The molecule has 0 heterocycles. The van der Waals surface area contributed by atoms with Crippen LogP contribution in [0.2, 0.25) is 0 Å². The van der Waals surface area contributed by atoms with Crippen LogP contribution in [0.25, 0.3) is 10.8 Å². The molecule has 0 fully saturated rings. The van der Waals surface area contributed by atoms with Crippen molar-refractivity contribution in [2.24, 2.45) is 0 Å². The molecule has 0 N–H and O–H groups in total. The monoisotopic (exact) mass is 188 g/mol. The van der Waals surface area contributed by atoms with E-state index in [2.05, 4.69) is 0 Å². The van der Waals surface area contributed by atoms with Crippen molar-refractivity contribution in [2.75, 3.05) is 0 Å². The average Bonchev–Trinajstić information content (AvgIpc) is 2.17. The van der Waals surface area contributed by atoms with Crippen molar-refractivity contribution in [3.63, 3.8) is 0 Å². The Balaban J connectivity index is 2.73. The van der Waals surface area contributed by atoms with Gasteiger partial charge in [0.15, 0.2) is 5.78 Å². The van der Waals surface area contributed by atoms with Crippen LogP contribution in [0.15, 0.2) is 36.4 Å². The second kappa shape index (κ2) is 3.22. The van der Waals surface area contributed by atoms with Gasteiger partial charge < -0.3 is 0 Å². The standard InChI is InChI=1S/C12H9FO/c1-8(14)9-5-6-11-10(7-9)3-2-4-12(11)13/h2-7H,1H3. The molecule has 0 spiro atoms. The zero-order chi connectivity index (χ0) is 10.1. The normalized spacial score (nSPS) is 10.4. The summed E-state index contributed by atoms with van der Waals surface area (Å²) >= 11 is 0. The van der Waals surface area contributed by atoms with Crippen LogP contribution in [0.1, 0.15) is 17.3 Å². The van der Waals surface area contributed by atoms with Gasteiger partial charge in [-0.15, -0.1) is 0 Å². The minimum Gasteiger partial charge on any atom is -0.295 e. The summed E-state index contributed by atoms with van der Waals surface area (Å²) in [5, 5.41) is 1.32. The highest BCUT2D eigenvalue weighted by atomic mass is 19.1. The number of Topliss-reactive ketones (excluding diaryl/α,β-unsaturated/α-hetero) is 1. The number of hydrogen-bond donors (Lipinski definition) is 0. The van der Waals surface area contributed by atoms with E-state index in [0.717, 1.165) is 5.39 Å². The Morgan fingerprint density at radius 1 is 1.21 bits per heavy atom. The number of hydrogen-bond acceptors (Lipinski definition) is 1. The average molecular weight is 188 g/mol. The topological polar surface area (TPSA) is 17.1 Å². The van der Waals surface area contributed by atoms with Crippen LogP contribution >= 0.6 is 0 Å². The number of rotatable bonds is 1. The summed E-state index contributed by atoms with van der Waals surface area (Å²) in [5.41, 5.74) is 0.614. The van der Waals surface area contributed by atoms with E-state index in [1.54, 1.807) is 30.3 Å². The maximum atomic E-state index is 13.2. The summed E-state index contributed by atoms with van der Waals surface area (Å²) < 4.78 is 13.2. The molecule has 0 atom stereocenters. The predicted molar refractivity (Wildman–Crippen MR) is 53.9 cm³/mol. The minimum absolute atomic E-state index is 0.00355. The molecule has 2 aromatic carbocycles. The molecule has 0 aliphatic carbocycles. The van der Waals surface area contributed by atoms with Crippen LogP contribution in [0, 0.1) is 5.82 Å². The second-order valence-corrected chi connectivity index (χ2v) is 3.23. The molecule has 70 valence electrons. The van der Waals surface area contributed by atoms with Gasteiger partial charge in [0.1, 0.15) is 5.82 Å². The molecule has 0 aliphatic rings. The van der Waals surface area contributed by atoms with Gasteiger partial charge in [-0.3, -0.25) is 4.79 Å². The molecule has 0 saturated carbocycles. The molecular weight excluding hydrogens is 179 g/mol. The van der Waals surface area contributed by atoms with E-state index in [-0.39, 0.29) is 11.6 Å². The van der Waals surface area contributed by atoms with E-state index in [0.29, 0.717) is 10.9 Å². The van der Waals surface area contributed by atoms with Gasteiger partial charge >= 0.3 is 0 Å². The van der Waals surface area contributed by atoms with Gasteiger partial charge in [-0.05, 0) is 24.4 Å². The Morgan fingerprint density at radius 3 is 2.71 bits per heavy atom. The maximum Gasteiger partial charge on any atom is 0.159 e. The van der Waals surface area contributed by atoms with Crippen molar-refractivity contribution in [3.05, 3.63) is 47.8 Å².